The van der Waals surface area contributed by atoms with Gasteiger partial charge in [-0.3, -0.25) is 20.4 Å². The molecule has 19 heteroatoms. The number of aromatic nitrogens is 4. The number of nitrogens with one attached hydrogen (secondary N) is 7. The van der Waals surface area contributed by atoms with Gasteiger partial charge in [0.05, 0.1) is 46.7 Å². The summed E-state index contributed by atoms with van der Waals surface area (Å²) >= 11 is 0. The van der Waals surface area contributed by atoms with Gasteiger partial charge in [0.1, 0.15) is 17.8 Å². The van der Waals surface area contributed by atoms with Crippen molar-refractivity contribution in [1.29, 1.82) is 16.2 Å². The summed E-state index contributed by atoms with van der Waals surface area (Å²) < 4.78 is 19.9. The molecule has 0 spiro atoms. The van der Waals surface area contributed by atoms with E-state index in [1.807, 2.05) is 36.4 Å². The molecule has 6 rings (SSSR count). The second-order valence-corrected chi connectivity index (χ2v) is 13.6. The van der Waals surface area contributed by atoms with Crippen LogP contribution < -0.4 is 10.6 Å². The molecule has 4 aromatic rings. The summed E-state index contributed by atoms with van der Waals surface area (Å²) in [6.07, 6.45) is 3.76. The van der Waals surface area contributed by atoms with Gasteiger partial charge in [-0.25, -0.2) is 19.6 Å². The molecule has 2 fully saturated rings. The third kappa shape index (κ3) is 9.18. The average Bonchev–Trinajstić information content (AvgIpc) is 4.08. The Morgan fingerprint density at radius 3 is 1.70 bits per heavy atom. The van der Waals surface area contributed by atoms with Crippen LogP contribution in [0.25, 0.3) is 22.1 Å². The number of nitrogens with zero attached hydrogens (tertiary/aromatic N) is 4. The smallest absolute Gasteiger partial charge is 0.414 e. The standard InChI is InChI=1S/C41H43N11O8/c1-4-32(57-5-2)34(49-40(55)58-6-3)38(53)51-17-7-9-30(51)36-45-26-15-13-24(19-28(26)47-36)11-12-25-14-16-27-29(20-25)48-37(46-27)31-10-8-18-52(31)39(54)35(33(21-42)59-22-43)50-41(56)60-23-44/h4-6,13-16,19-23,30-35,42-44H,1-3,7-10,17-18H2,(H,45,47)(H,46,48)(H,49,55)(H,50,56)/t30-,31-,32+,33+,34-,35-/m0/s1. The van der Waals surface area contributed by atoms with Crippen molar-refractivity contribution >= 4 is 65.1 Å². The second-order valence-electron chi connectivity index (χ2n) is 13.6. The number of hydrogen-bond acceptors (Lipinski definition) is 13. The molecule has 60 heavy (non-hydrogen) atoms. The maximum Gasteiger partial charge on any atom is 0.414 e. The average molecular weight is 818 g/mol. The van der Waals surface area contributed by atoms with Crippen LogP contribution >= 0.6 is 0 Å². The lowest BCUT2D eigenvalue weighted by atomic mass is 10.1. The quantitative estimate of drug-likeness (QED) is 0.0274. The van der Waals surface area contributed by atoms with Gasteiger partial charge in [0, 0.05) is 30.4 Å². The minimum absolute atomic E-state index is 0.345. The fraction of sp³-hybridized carbons (Fsp3) is 0.293. The maximum atomic E-state index is 13.9. The van der Waals surface area contributed by atoms with E-state index in [1.165, 1.54) is 17.2 Å². The third-order valence-corrected chi connectivity index (χ3v) is 10.0. The molecule has 0 unspecified atom stereocenters. The Hall–Kier alpha value is -7.75. The Balaban J connectivity index is 1.19. The van der Waals surface area contributed by atoms with Gasteiger partial charge in [-0.15, -0.1) is 0 Å². The third-order valence-electron chi connectivity index (χ3n) is 10.0. The van der Waals surface area contributed by atoms with Crippen molar-refractivity contribution in [3.8, 4) is 11.8 Å². The minimum Gasteiger partial charge on any atom is -0.492 e. The monoisotopic (exact) mass is 817 g/mol. The number of hydrogen-bond donors (Lipinski definition) is 7. The van der Waals surface area contributed by atoms with Crippen LogP contribution in [0.5, 0.6) is 0 Å². The predicted octanol–water partition coefficient (Wildman–Crippen LogP) is 4.46. The number of H-pyrrole nitrogens is 2. The van der Waals surface area contributed by atoms with E-state index in [9.17, 15) is 19.2 Å². The van der Waals surface area contributed by atoms with Gasteiger partial charge in [0.25, 0.3) is 0 Å². The first-order valence-electron chi connectivity index (χ1n) is 18.8. The molecule has 310 valence electrons. The molecule has 0 saturated carbocycles. The number of ether oxygens (including phenoxy) is 4. The van der Waals surface area contributed by atoms with Crippen LogP contribution in [-0.4, -0.2) is 110 Å². The van der Waals surface area contributed by atoms with Crippen molar-refractivity contribution in [2.45, 2.75) is 62.1 Å². The van der Waals surface area contributed by atoms with Crippen molar-refractivity contribution in [3.05, 3.63) is 97.5 Å². The molecule has 4 amide bonds. The van der Waals surface area contributed by atoms with Gasteiger partial charge >= 0.3 is 12.2 Å². The predicted molar refractivity (Wildman–Crippen MR) is 219 cm³/mol. The van der Waals surface area contributed by atoms with Crippen molar-refractivity contribution in [2.24, 2.45) is 0 Å². The molecule has 6 atom stereocenters. The van der Waals surface area contributed by atoms with Crippen molar-refractivity contribution in [2.75, 3.05) is 13.1 Å². The van der Waals surface area contributed by atoms with Crippen LogP contribution in [0.1, 0.15) is 60.5 Å². The van der Waals surface area contributed by atoms with Gasteiger partial charge in [0.2, 0.25) is 11.8 Å². The summed E-state index contributed by atoms with van der Waals surface area (Å²) in [5.41, 5.74) is 4.18. The summed E-state index contributed by atoms with van der Waals surface area (Å²) in [5.74, 6) is 6.54. The Bertz CT molecular complexity index is 2230. The Morgan fingerprint density at radius 1 is 0.733 bits per heavy atom. The molecule has 0 aliphatic carbocycles. The lowest BCUT2D eigenvalue weighted by molar-refractivity contribution is -0.137. The van der Waals surface area contributed by atoms with Crippen molar-refractivity contribution in [3.63, 3.8) is 0 Å². The van der Waals surface area contributed by atoms with Crippen molar-refractivity contribution in [1.82, 2.24) is 40.4 Å². The highest BCUT2D eigenvalue weighted by Gasteiger charge is 2.41. The van der Waals surface area contributed by atoms with Gasteiger partial charge in [-0.2, -0.15) is 0 Å². The molecule has 2 aromatic heterocycles. The number of benzene rings is 2. The molecule has 2 aliphatic heterocycles. The Morgan fingerprint density at radius 2 is 1.25 bits per heavy atom. The number of fused-ring (bicyclic) bond motifs is 2. The fourth-order valence-corrected chi connectivity index (χ4v) is 7.35. The van der Waals surface area contributed by atoms with E-state index in [-0.39, 0.29) is 0 Å². The van der Waals surface area contributed by atoms with Crippen LogP contribution in [0.15, 0.2) is 74.7 Å². The SMILES string of the molecule is C=COC(=O)N[C@H](C(=O)N1CCC[C@H]1c1nc2ccc(C#Cc3ccc4nc([C@@H]5CCCN5C(=O)[C@@H](NC(=O)OC=N)[C@@H](C=N)OC=N)[nH]c4c3)cc2[nH]1)[C@@H](C=C)OC=C. The summed E-state index contributed by atoms with van der Waals surface area (Å²) in [6, 6.07) is 7.66. The minimum atomic E-state index is -1.40. The number of likely N-dealkylation sites (tertiary alicyclic amines) is 2. The molecule has 19 nitrogen and oxygen atoms in total. The van der Waals surface area contributed by atoms with E-state index >= 15 is 0 Å². The van der Waals surface area contributed by atoms with E-state index in [0.29, 0.717) is 90.9 Å². The van der Waals surface area contributed by atoms with Crippen LogP contribution in [-0.2, 0) is 28.5 Å². The largest absolute Gasteiger partial charge is 0.492 e. The molecule has 0 bridgehead atoms. The van der Waals surface area contributed by atoms with Gasteiger partial charge in [-0.05, 0) is 68.2 Å². The highest BCUT2D eigenvalue weighted by molar-refractivity contribution is 5.91. The van der Waals surface area contributed by atoms with E-state index in [1.54, 1.807) is 4.90 Å². The summed E-state index contributed by atoms with van der Waals surface area (Å²) in [7, 11) is 0. The summed E-state index contributed by atoms with van der Waals surface area (Å²) in [5, 5.41) is 26.9. The molecule has 2 aromatic carbocycles. The van der Waals surface area contributed by atoms with Crippen LogP contribution in [0.3, 0.4) is 0 Å². The lowest BCUT2D eigenvalue weighted by Crippen LogP contribution is -2.55. The maximum absolute atomic E-state index is 13.9. The number of alkyl carbamates (subject to hydrolysis) is 2. The van der Waals surface area contributed by atoms with Crippen LogP contribution in [0.4, 0.5) is 9.59 Å². The molecule has 7 N–H and O–H groups in total. The van der Waals surface area contributed by atoms with Crippen LogP contribution in [0, 0.1) is 28.1 Å². The number of carbonyl (C=O) groups is 4. The first kappa shape index (κ1) is 41.9. The lowest BCUT2D eigenvalue weighted by Gasteiger charge is -2.30. The first-order chi connectivity index (χ1) is 29.1. The van der Waals surface area contributed by atoms with E-state index in [4.69, 9.17) is 40.4 Å². The first-order valence-corrected chi connectivity index (χ1v) is 18.8. The second kappa shape index (κ2) is 19.1. The van der Waals surface area contributed by atoms with Crippen molar-refractivity contribution < 1.29 is 38.1 Å². The van der Waals surface area contributed by atoms with Gasteiger partial charge in [-0.1, -0.05) is 31.6 Å². The highest BCUT2D eigenvalue weighted by Crippen LogP contribution is 2.34. The number of aromatic amines is 2. The molecule has 2 aliphatic rings. The number of rotatable bonds is 16. The van der Waals surface area contributed by atoms with Crippen LogP contribution in [0.2, 0.25) is 0 Å². The van der Waals surface area contributed by atoms with E-state index in [2.05, 4.69) is 56.9 Å². The highest BCUT2D eigenvalue weighted by atomic mass is 16.6. The topological polar surface area (TPSA) is 265 Å². The fourth-order valence-electron chi connectivity index (χ4n) is 7.35. The molecule has 0 radical (unpaired) electrons. The molecular weight excluding hydrogens is 775 g/mol. The molecule has 2 saturated heterocycles. The number of imidazole rings is 2. The molecular formula is C41H43N11O8. The van der Waals surface area contributed by atoms with Gasteiger partial charge < -0.3 is 54.8 Å². The zero-order valence-electron chi connectivity index (χ0n) is 32.3. The number of carbonyl (C=O) groups excluding carboxylic acids is 4. The van der Waals surface area contributed by atoms with Gasteiger partial charge in [0.15, 0.2) is 31.0 Å². The zero-order chi connectivity index (χ0) is 42.8. The summed E-state index contributed by atoms with van der Waals surface area (Å²) in [6.45, 7) is 11.5. The van der Waals surface area contributed by atoms with E-state index in [0.717, 1.165) is 18.0 Å². The normalized spacial score (nSPS) is 17.8. The summed E-state index contributed by atoms with van der Waals surface area (Å²) in [4.78, 5) is 71.6. The Kier molecular flexibility index (Phi) is 13.3. The Labute approximate surface area is 343 Å². The zero-order valence-corrected chi connectivity index (χ0v) is 32.3. The molecule has 4 heterocycles. The number of amides is 4. The van der Waals surface area contributed by atoms with E-state index < -0.39 is 60.4 Å².